The quantitative estimate of drug-likeness (QED) is 0.808. The van der Waals surface area contributed by atoms with Crippen molar-refractivity contribution in [3.05, 3.63) is 17.5 Å². The van der Waals surface area contributed by atoms with E-state index in [-0.39, 0.29) is 17.8 Å². The molecule has 29 heavy (non-hydrogen) atoms. The van der Waals surface area contributed by atoms with E-state index < -0.39 is 23.9 Å². The maximum absolute atomic E-state index is 13.2. The van der Waals surface area contributed by atoms with E-state index in [9.17, 15) is 23.1 Å². The van der Waals surface area contributed by atoms with Gasteiger partial charge in [0.15, 0.2) is 0 Å². The van der Waals surface area contributed by atoms with Crippen molar-refractivity contribution < 1.29 is 23.1 Å². The smallest absolute Gasteiger partial charge is 0.392 e. The molecule has 2 saturated heterocycles. The topological polar surface area (TPSA) is 72.8 Å². The summed E-state index contributed by atoms with van der Waals surface area (Å²) in [5.74, 6) is -0.673. The minimum atomic E-state index is -4.54. The SMILES string of the molecule is CC(C)c1cc(C(F)(F)F)nc(N2CCN(C(=O)[C@@H]3CN(C)CC[C@H]3O)CC2)n1. The van der Waals surface area contributed by atoms with Crippen LogP contribution in [-0.4, -0.2) is 83.2 Å². The van der Waals surface area contributed by atoms with Crippen LogP contribution in [0.2, 0.25) is 0 Å². The van der Waals surface area contributed by atoms with E-state index in [4.69, 9.17) is 0 Å². The van der Waals surface area contributed by atoms with Gasteiger partial charge in [0.1, 0.15) is 5.69 Å². The van der Waals surface area contributed by atoms with Gasteiger partial charge in [0.05, 0.1) is 12.0 Å². The summed E-state index contributed by atoms with van der Waals surface area (Å²) >= 11 is 0. The number of carbonyl (C=O) groups is 1. The molecule has 2 aliphatic rings. The molecule has 0 aromatic carbocycles. The Hall–Kier alpha value is -1.94. The molecule has 162 valence electrons. The van der Waals surface area contributed by atoms with E-state index in [0.29, 0.717) is 44.8 Å². The standard InChI is InChI=1S/C19H28F3N5O2/c1-12(2)14-10-16(19(20,21)22)24-18(23-14)27-8-6-26(7-9-27)17(29)13-11-25(3)5-4-15(13)28/h10,12-13,15,28H,4-9,11H2,1-3H3/t13-,15-/m1/s1. The van der Waals surface area contributed by atoms with E-state index >= 15 is 0 Å². The van der Waals surface area contributed by atoms with Crippen molar-refractivity contribution in [3.8, 4) is 0 Å². The van der Waals surface area contributed by atoms with Crippen LogP contribution in [0.25, 0.3) is 0 Å². The molecule has 1 aromatic rings. The van der Waals surface area contributed by atoms with Gasteiger partial charge in [-0.25, -0.2) is 9.97 Å². The van der Waals surface area contributed by atoms with Gasteiger partial charge in [-0.2, -0.15) is 13.2 Å². The first-order chi connectivity index (χ1) is 13.6. The molecule has 0 unspecified atom stereocenters. The number of aromatic nitrogens is 2. The molecule has 7 nitrogen and oxygen atoms in total. The first-order valence-electron chi connectivity index (χ1n) is 9.92. The van der Waals surface area contributed by atoms with E-state index in [2.05, 4.69) is 9.97 Å². The molecular formula is C19H28F3N5O2. The lowest BCUT2D eigenvalue weighted by atomic mass is 9.93. The highest BCUT2D eigenvalue weighted by Crippen LogP contribution is 2.31. The maximum atomic E-state index is 13.2. The Bertz CT molecular complexity index is 735. The molecule has 1 aromatic heterocycles. The lowest BCUT2D eigenvalue weighted by Crippen LogP contribution is -2.55. The third-order valence-electron chi connectivity index (χ3n) is 5.59. The van der Waals surface area contributed by atoms with Gasteiger partial charge in [0, 0.05) is 45.0 Å². The van der Waals surface area contributed by atoms with Crippen LogP contribution in [-0.2, 0) is 11.0 Å². The highest BCUT2D eigenvalue weighted by atomic mass is 19.4. The van der Waals surface area contributed by atoms with Crippen molar-refractivity contribution in [2.75, 3.05) is 51.2 Å². The van der Waals surface area contributed by atoms with Crippen LogP contribution in [0.4, 0.5) is 19.1 Å². The fourth-order valence-corrected chi connectivity index (χ4v) is 3.74. The molecule has 0 saturated carbocycles. The predicted octanol–water partition coefficient (Wildman–Crippen LogP) is 1.58. The summed E-state index contributed by atoms with van der Waals surface area (Å²) in [6.07, 6.45) is -4.64. The molecule has 3 heterocycles. The zero-order valence-corrected chi connectivity index (χ0v) is 17.0. The molecule has 0 aliphatic carbocycles. The number of rotatable bonds is 3. The number of aliphatic hydroxyl groups excluding tert-OH is 1. The van der Waals surface area contributed by atoms with Crippen LogP contribution >= 0.6 is 0 Å². The number of amides is 1. The molecule has 2 fully saturated rings. The molecule has 3 rings (SSSR count). The third kappa shape index (κ3) is 4.98. The number of nitrogens with zero attached hydrogens (tertiary/aromatic N) is 5. The zero-order valence-electron chi connectivity index (χ0n) is 17.0. The van der Waals surface area contributed by atoms with Crippen molar-refractivity contribution in [2.24, 2.45) is 5.92 Å². The number of piperazine rings is 1. The third-order valence-corrected chi connectivity index (χ3v) is 5.59. The van der Waals surface area contributed by atoms with Gasteiger partial charge >= 0.3 is 6.18 Å². The lowest BCUT2D eigenvalue weighted by Gasteiger charge is -2.40. The Balaban J connectivity index is 1.70. The van der Waals surface area contributed by atoms with E-state index in [1.54, 1.807) is 23.6 Å². The molecule has 1 N–H and O–H groups in total. The van der Waals surface area contributed by atoms with Gasteiger partial charge in [0.2, 0.25) is 11.9 Å². The summed E-state index contributed by atoms with van der Waals surface area (Å²) in [7, 11) is 1.92. The molecule has 0 radical (unpaired) electrons. The Morgan fingerprint density at radius 2 is 1.83 bits per heavy atom. The van der Waals surface area contributed by atoms with Crippen molar-refractivity contribution in [2.45, 2.75) is 38.5 Å². The monoisotopic (exact) mass is 415 g/mol. The van der Waals surface area contributed by atoms with E-state index in [1.807, 2.05) is 11.9 Å². The molecule has 0 bridgehead atoms. The Morgan fingerprint density at radius 3 is 2.41 bits per heavy atom. The molecular weight excluding hydrogens is 387 g/mol. The van der Waals surface area contributed by atoms with Crippen molar-refractivity contribution in [1.82, 2.24) is 19.8 Å². The van der Waals surface area contributed by atoms with Crippen LogP contribution in [0.3, 0.4) is 0 Å². The van der Waals surface area contributed by atoms with Crippen LogP contribution in [0.5, 0.6) is 0 Å². The summed E-state index contributed by atoms with van der Waals surface area (Å²) in [6.45, 7) is 6.26. The number of halogens is 3. The van der Waals surface area contributed by atoms with Crippen LogP contribution in [0.1, 0.15) is 37.6 Å². The lowest BCUT2D eigenvalue weighted by molar-refractivity contribution is -0.142. The molecule has 0 spiro atoms. The number of hydrogen-bond acceptors (Lipinski definition) is 6. The summed E-state index contributed by atoms with van der Waals surface area (Å²) in [5, 5.41) is 10.2. The van der Waals surface area contributed by atoms with Gasteiger partial charge in [-0.15, -0.1) is 0 Å². The average molecular weight is 415 g/mol. The number of alkyl halides is 3. The molecule has 2 atom stereocenters. The Labute approximate surface area is 168 Å². The summed E-state index contributed by atoms with van der Waals surface area (Å²) in [6, 6.07) is 0.995. The fourth-order valence-electron chi connectivity index (χ4n) is 3.74. The molecule has 2 aliphatic heterocycles. The fraction of sp³-hybridized carbons (Fsp3) is 0.737. The maximum Gasteiger partial charge on any atom is 0.433 e. The van der Waals surface area contributed by atoms with Gasteiger partial charge in [-0.3, -0.25) is 4.79 Å². The second kappa shape index (κ2) is 8.43. The first-order valence-corrected chi connectivity index (χ1v) is 9.92. The second-order valence-corrected chi connectivity index (χ2v) is 8.17. The minimum absolute atomic E-state index is 0.0491. The number of aliphatic hydroxyl groups is 1. The largest absolute Gasteiger partial charge is 0.433 e. The van der Waals surface area contributed by atoms with Crippen molar-refractivity contribution in [1.29, 1.82) is 0 Å². The highest BCUT2D eigenvalue weighted by molar-refractivity contribution is 5.80. The van der Waals surface area contributed by atoms with Crippen molar-refractivity contribution >= 4 is 11.9 Å². The van der Waals surface area contributed by atoms with Crippen LogP contribution in [0, 0.1) is 5.92 Å². The number of hydrogen-bond donors (Lipinski definition) is 1. The zero-order chi connectivity index (χ0) is 21.3. The Morgan fingerprint density at radius 1 is 1.17 bits per heavy atom. The normalized spacial score (nSPS) is 24.3. The molecule has 10 heteroatoms. The summed E-state index contributed by atoms with van der Waals surface area (Å²) in [5.41, 5.74) is -0.604. The van der Waals surface area contributed by atoms with Crippen molar-refractivity contribution in [3.63, 3.8) is 0 Å². The Kier molecular flexibility index (Phi) is 6.33. The van der Waals surface area contributed by atoms with E-state index in [0.717, 1.165) is 12.6 Å². The van der Waals surface area contributed by atoms with Gasteiger partial charge in [-0.05, 0) is 25.5 Å². The number of piperidine rings is 1. The van der Waals surface area contributed by atoms with Crippen LogP contribution in [0.15, 0.2) is 6.07 Å². The van der Waals surface area contributed by atoms with Gasteiger partial charge in [0.25, 0.3) is 0 Å². The number of carbonyl (C=O) groups excluding carboxylic acids is 1. The van der Waals surface area contributed by atoms with Crippen LogP contribution < -0.4 is 4.90 Å². The summed E-state index contributed by atoms with van der Waals surface area (Å²) in [4.78, 5) is 26.3. The number of anilines is 1. The van der Waals surface area contributed by atoms with Gasteiger partial charge in [-0.1, -0.05) is 13.8 Å². The number of likely N-dealkylation sites (tertiary alicyclic amines) is 1. The van der Waals surface area contributed by atoms with E-state index in [1.165, 1.54) is 0 Å². The highest BCUT2D eigenvalue weighted by Gasteiger charge is 2.37. The second-order valence-electron chi connectivity index (χ2n) is 8.17. The summed E-state index contributed by atoms with van der Waals surface area (Å²) < 4.78 is 39.7. The minimum Gasteiger partial charge on any atom is -0.392 e. The molecule has 1 amide bonds. The average Bonchev–Trinajstić information content (AvgIpc) is 2.68. The van der Waals surface area contributed by atoms with Gasteiger partial charge < -0.3 is 19.8 Å². The first kappa shape index (κ1) is 21.8. The predicted molar refractivity (Wildman–Crippen MR) is 102 cm³/mol.